The fraction of sp³-hybridized carbons (Fsp3) is 0.583. The van der Waals surface area contributed by atoms with E-state index < -0.39 is 18.0 Å². The van der Waals surface area contributed by atoms with Crippen LogP contribution in [0.25, 0.3) is 0 Å². The fourth-order valence-corrected chi connectivity index (χ4v) is 1.36. The highest BCUT2D eigenvalue weighted by Gasteiger charge is 2.25. The van der Waals surface area contributed by atoms with Crippen LogP contribution in [0.1, 0.15) is 13.3 Å². The molecule has 6 heteroatoms. The minimum absolute atomic E-state index is 0.154. The fourth-order valence-electron chi connectivity index (χ4n) is 1.36. The van der Waals surface area contributed by atoms with E-state index in [1.165, 1.54) is 6.92 Å². The van der Waals surface area contributed by atoms with Crippen molar-refractivity contribution in [3.8, 4) is 0 Å². The molecule has 0 saturated carbocycles. The smallest absolute Gasteiger partial charge is 0.334 e. The molecule has 0 fully saturated rings. The molecule has 1 unspecified atom stereocenters. The average molecular weight is 258 g/mol. The Morgan fingerprint density at radius 2 is 1.89 bits per heavy atom. The number of likely N-dealkylation sites (N-methyl/N-ethyl adjacent to an activating group) is 1. The summed E-state index contributed by atoms with van der Waals surface area (Å²) in [6.45, 7) is 1.83. The predicted molar refractivity (Wildman–Crippen MR) is 64.9 cm³/mol. The number of carbonyl (C=O) groups is 3. The maximum atomic E-state index is 11.6. The Hall–Kier alpha value is -1.69. The molecule has 102 valence electrons. The summed E-state index contributed by atoms with van der Waals surface area (Å²) in [5, 5.41) is 8.77. The quantitative estimate of drug-likeness (QED) is 0.306. The zero-order chi connectivity index (χ0) is 14.3. The number of aldehydes is 1. The molecule has 1 atom stereocenters. The molecule has 0 aliphatic heterocycles. The third-order valence-electron chi connectivity index (χ3n) is 2.07. The summed E-state index contributed by atoms with van der Waals surface area (Å²) >= 11 is 0. The number of rotatable bonds is 7. The summed E-state index contributed by atoms with van der Waals surface area (Å²) in [7, 11) is 5.62. The van der Waals surface area contributed by atoms with Crippen molar-refractivity contribution in [3.63, 3.8) is 0 Å². The summed E-state index contributed by atoms with van der Waals surface area (Å²) in [5.74, 6) is -1.69. The molecular formula is C12H20NO5+. The van der Waals surface area contributed by atoms with Crippen molar-refractivity contribution in [3.05, 3.63) is 11.6 Å². The highest BCUT2D eigenvalue weighted by Crippen LogP contribution is 2.08. The number of hydrogen-bond acceptors (Lipinski definition) is 4. The van der Waals surface area contributed by atoms with Crippen LogP contribution in [0, 0.1) is 0 Å². The molecule has 0 aromatic rings. The molecule has 0 bridgehead atoms. The molecule has 0 aliphatic carbocycles. The molecule has 0 spiro atoms. The molecule has 0 saturated heterocycles. The second-order valence-corrected chi connectivity index (χ2v) is 5.08. The molecule has 0 aliphatic rings. The maximum absolute atomic E-state index is 11.6. The SMILES string of the molecule is C/C(=C\C=O)C(=O)OC(CC(=O)O)C[N+](C)(C)C. The van der Waals surface area contributed by atoms with Crippen LogP contribution in [0.5, 0.6) is 0 Å². The number of carboxylic acid groups (broad SMARTS) is 1. The molecule has 18 heavy (non-hydrogen) atoms. The van der Waals surface area contributed by atoms with E-state index in [2.05, 4.69) is 0 Å². The Labute approximate surface area is 106 Å². The molecule has 0 aromatic heterocycles. The standard InChI is InChI=1S/C12H19NO5/c1-9(5-6-14)12(17)18-10(7-11(15)16)8-13(2,3)4/h5-6,10H,7-8H2,1-4H3/p+1/b9-5+. The number of nitrogens with zero attached hydrogens (tertiary/aromatic N) is 1. The minimum Gasteiger partial charge on any atom is -0.481 e. The van der Waals surface area contributed by atoms with Crippen molar-refractivity contribution in [2.24, 2.45) is 0 Å². The van der Waals surface area contributed by atoms with E-state index in [4.69, 9.17) is 9.84 Å². The largest absolute Gasteiger partial charge is 0.481 e. The molecule has 0 heterocycles. The number of quaternary nitrogens is 1. The van der Waals surface area contributed by atoms with E-state index in [-0.39, 0.29) is 12.0 Å². The van der Waals surface area contributed by atoms with Gasteiger partial charge in [0.15, 0.2) is 6.10 Å². The molecule has 0 amide bonds. The maximum Gasteiger partial charge on any atom is 0.334 e. The van der Waals surface area contributed by atoms with Gasteiger partial charge in [0.1, 0.15) is 12.8 Å². The van der Waals surface area contributed by atoms with Gasteiger partial charge in [-0.25, -0.2) is 4.79 Å². The average Bonchev–Trinajstić information content (AvgIpc) is 2.13. The summed E-state index contributed by atoms with van der Waals surface area (Å²) in [6.07, 6.45) is 0.606. The number of carboxylic acids is 1. The molecule has 6 nitrogen and oxygen atoms in total. The van der Waals surface area contributed by atoms with Crippen LogP contribution in [-0.4, -0.2) is 61.6 Å². The van der Waals surface area contributed by atoms with Gasteiger partial charge >= 0.3 is 11.9 Å². The van der Waals surface area contributed by atoms with Crippen LogP contribution in [-0.2, 0) is 19.1 Å². The van der Waals surface area contributed by atoms with E-state index in [0.717, 1.165) is 6.08 Å². The second-order valence-electron chi connectivity index (χ2n) is 5.08. The number of allylic oxidation sites excluding steroid dienone is 1. The van der Waals surface area contributed by atoms with Crippen molar-refractivity contribution in [2.75, 3.05) is 27.7 Å². The Bertz CT molecular complexity index is 354. The van der Waals surface area contributed by atoms with Crippen LogP contribution in [0.2, 0.25) is 0 Å². The van der Waals surface area contributed by atoms with E-state index in [1.807, 2.05) is 21.1 Å². The first kappa shape index (κ1) is 16.3. The van der Waals surface area contributed by atoms with Gasteiger partial charge in [0.2, 0.25) is 0 Å². The zero-order valence-electron chi connectivity index (χ0n) is 11.2. The van der Waals surface area contributed by atoms with E-state index >= 15 is 0 Å². The van der Waals surface area contributed by atoms with Crippen molar-refractivity contribution in [1.82, 2.24) is 0 Å². The number of hydrogen-bond donors (Lipinski definition) is 1. The lowest BCUT2D eigenvalue weighted by molar-refractivity contribution is -0.873. The van der Waals surface area contributed by atoms with Crippen molar-refractivity contribution < 1.29 is 28.7 Å². The van der Waals surface area contributed by atoms with Gasteiger partial charge in [0.25, 0.3) is 0 Å². The van der Waals surface area contributed by atoms with Gasteiger partial charge in [-0.15, -0.1) is 0 Å². The molecular weight excluding hydrogens is 238 g/mol. The molecule has 0 radical (unpaired) electrons. The van der Waals surface area contributed by atoms with Crippen LogP contribution in [0.15, 0.2) is 11.6 Å². The normalized spacial score (nSPS) is 13.9. The van der Waals surface area contributed by atoms with Gasteiger partial charge < -0.3 is 14.3 Å². The van der Waals surface area contributed by atoms with Crippen molar-refractivity contribution in [2.45, 2.75) is 19.4 Å². The Morgan fingerprint density at radius 3 is 2.28 bits per heavy atom. The van der Waals surface area contributed by atoms with Crippen LogP contribution < -0.4 is 0 Å². The number of aliphatic carboxylic acids is 1. The lowest BCUT2D eigenvalue weighted by Gasteiger charge is -2.28. The van der Waals surface area contributed by atoms with Crippen LogP contribution in [0.3, 0.4) is 0 Å². The lowest BCUT2D eigenvalue weighted by Crippen LogP contribution is -2.43. The highest BCUT2D eigenvalue weighted by molar-refractivity contribution is 5.92. The first-order chi connectivity index (χ1) is 8.15. The van der Waals surface area contributed by atoms with E-state index in [1.54, 1.807) is 0 Å². The minimum atomic E-state index is -1.03. The predicted octanol–water partition coefficient (Wildman–Crippen LogP) is 0.224. The van der Waals surface area contributed by atoms with E-state index in [9.17, 15) is 14.4 Å². The monoisotopic (exact) mass is 258 g/mol. The van der Waals surface area contributed by atoms with Gasteiger partial charge in [-0.05, 0) is 13.0 Å². The summed E-state index contributed by atoms with van der Waals surface area (Å²) in [6, 6.07) is 0. The summed E-state index contributed by atoms with van der Waals surface area (Å²) in [4.78, 5) is 32.5. The molecule has 1 N–H and O–H groups in total. The Balaban J connectivity index is 4.68. The zero-order valence-corrected chi connectivity index (χ0v) is 11.2. The third-order valence-corrected chi connectivity index (χ3v) is 2.07. The van der Waals surface area contributed by atoms with Crippen LogP contribution >= 0.6 is 0 Å². The second kappa shape index (κ2) is 6.90. The Kier molecular flexibility index (Phi) is 6.26. The number of esters is 1. The first-order valence-electron chi connectivity index (χ1n) is 5.51. The topological polar surface area (TPSA) is 80.7 Å². The third kappa shape index (κ3) is 7.56. The van der Waals surface area contributed by atoms with Gasteiger partial charge in [-0.3, -0.25) is 9.59 Å². The molecule has 0 rings (SSSR count). The van der Waals surface area contributed by atoms with Gasteiger partial charge in [0.05, 0.1) is 27.6 Å². The van der Waals surface area contributed by atoms with Crippen molar-refractivity contribution in [1.29, 1.82) is 0 Å². The van der Waals surface area contributed by atoms with Gasteiger partial charge in [0, 0.05) is 5.57 Å². The molecule has 0 aromatic carbocycles. The Morgan fingerprint density at radius 1 is 1.33 bits per heavy atom. The lowest BCUT2D eigenvalue weighted by atomic mass is 10.2. The summed E-state index contributed by atoms with van der Waals surface area (Å²) in [5.41, 5.74) is 0.154. The van der Waals surface area contributed by atoms with Crippen molar-refractivity contribution >= 4 is 18.2 Å². The summed E-state index contributed by atoms with van der Waals surface area (Å²) < 4.78 is 5.56. The number of carbonyl (C=O) groups excluding carboxylic acids is 2. The van der Waals surface area contributed by atoms with Gasteiger partial charge in [-0.1, -0.05) is 0 Å². The van der Waals surface area contributed by atoms with E-state index in [0.29, 0.717) is 17.3 Å². The van der Waals surface area contributed by atoms with Crippen LogP contribution in [0.4, 0.5) is 0 Å². The first-order valence-corrected chi connectivity index (χ1v) is 5.51. The van der Waals surface area contributed by atoms with Gasteiger partial charge in [-0.2, -0.15) is 0 Å². The highest BCUT2D eigenvalue weighted by atomic mass is 16.5. The number of ether oxygens (including phenoxy) is 1.